The van der Waals surface area contributed by atoms with E-state index in [1.54, 1.807) is 12.4 Å². The average molecular weight is 323 g/mol. The molecule has 3 rings (SSSR count). The highest BCUT2D eigenvalue weighted by molar-refractivity contribution is 5.83. The van der Waals surface area contributed by atoms with E-state index in [-0.39, 0.29) is 17.9 Å². The van der Waals surface area contributed by atoms with E-state index in [0.29, 0.717) is 0 Å². The minimum Gasteiger partial charge on any atom is -0.347 e. The molecule has 1 saturated heterocycles. The summed E-state index contributed by atoms with van der Waals surface area (Å²) >= 11 is 0. The van der Waals surface area contributed by atoms with Gasteiger partial charge in [0.05, 0.1) is 12.0 Å². The molecule has 0 bridgehead atoms. The standard InChI is InChI=1S/C20H25N3O/c1-16(18-10-7-11-21-14-18)20(24)22-19(15-23-12-5-6-13-23)17-8-3-2-4-9-17/h2-4,7-11,14,16,19H,5-6,12-13,15H2,1H3,(H,22,24)/t16?,19-/m1/s1. The van der Waals surface area contributed by atoms with E-state index in [1.807, 2.05) is 37.3 Å². The number of rotatable bonds is 6. The summed E-state index contributed by atoms with van der Waals surface area (Å²) in [6.07, 6.45) is 6.00. The SMILES string of the molecule is CC(C(=O)N[C@H](CN1CCCC1)c1ccccc1)c1cccnc1. The third-order valence-electron chi connectivity index (χ3n) is 4.74. The fraction of sp³-hybridized carbons (Fsp3) is 0.400. The summed E-state index contributed by atoms with van der Waals surface area (Å²) in [5.74, 6) is -0.153. The Balaban J connectivity index is 1.72. The number of aromatic nitrogens is 1. The lowest BCUT2D eigenvalue weighted by Gasteiger charge is -2.26. The molecule has 24 heavy (non-hydrogen) atoms. The number of amides is 1. The zero-order valence-corrected chi connectivity index (χ0v) is 14.2. The fourth-order valence-corrected chi connectivity index (χ4v) is 3.22. The van der Waals surface area contributed by atoms with Crippen molar-refractivity contribution < 1.29 is 4.79 Å². The van der Waals surface area contributed by atoms with E-state index < -0.39 is 0 Å². The summed E-state index contributed by atoms with van der Waals surface area (Å²) in [4.78, 5) is 19.3. The maximum absolute atomic E-state index is 12.7. The van der Waals surface area contributed by atoms with Gasteiger partial charge in [-0.3, -0.25) is 9.78 Å². The molecule has 2 atom stereocenters. The van der Waals surface area contributed by atoms with Crippen molar-refractivity contribution in [1.29, 1.82) is 0 Å². The topological polar surface area (TPSA) is 45.2 Å². The summed E-state index contributed by atoms with van der Waals surface area (Å²) in [5, 5.41) is 3.25. The largest absolute Gasteiger partial charge is 0.347 e. The number of pyridine rings is 1. The van der Waals surface area contributed by atoms with Gasteiger partial charge in [0.1, 0.15) is 0 Å². The third kappa shape index (κ3) is 4.20. The molecule has 1 aliphatic heterocycles. The van der Waals surface area contributed by atoms with Crippen LogP contribution in [-0.4, -0.2) is 35.4 Å². The van der Waals surface area contributed by atoms with E-state index in [4.69, 9.17) is 0 Å². The Bertz CT molecular complexity index is 638. The number of benzene rings is 1. The summed E-state index contributed by atoms with van der Waals surface area (Å²) in [6, 6.07) is 14.1. The lowest BCUT2D eigenvalue weighted by molar-refractivity contribution is -0.123. The highest BCUT2D eigenvalue weighted by Gasteiger charge is 2.23. The van der Waals surface area contributed by atoms with Crippen LogP contribution in [0.15, 0.2) is 54.9 Å². The molecule has 126 valence electrons. The van der Waals surface area contributed by atoms with Crippen LogP contribution in [0.1, 0.15) is 42.9 Å². The number of nitrogens with zero attached hydrogens (tertiary/aromatic N) is 2. The number of hydrogen-bond acceptors (Lipinski definition) is 3. The van der Waals surface area contributed by atoms with Gasteiger partial charge in [-0.1, -0.05) is 36.4 Å². The van der Waals surface area contributed by atoms with Crippen LogP contribution in [0.5, 0.6) is 0 Å². The Morgan fingerprint density at radius 3 is 2.50 bits per heavy atom. The smallest absolute Gasteiger partial charge is 0.227 e. The second kappa shape index (κ2) is 8.06. The maximum atomic E-state index is 12.7. The second-order valence-corrected chi connectivity index (χ2v) is 6.49. The molecule has 1 fully saturated rings. The minimum absolute atomic E-state index is 0.0240. The predicted octanol–water partition coefficient (Wildman–Crippen LogP) is 3.14. The van der Waals surface area contributed by atoms with Crippen molar-refractivity contribution in [2.45, 2.75) is 31.7 Å². The van der Waals surface area contributed by atoms with Crippen molar-refractivity contribution in [2.24, 2.45) is 0 Å². The van der Waals surface area contributed by atoms with Crippen molar-refractivity contribution in [2.75, 3.05) is 19.6 Å². The molecule has 1 aromatic carbocycles. The van der Waals surface area contributed by atoms with E-state index in [1.165, 1.54) is 12.8 Å². The molecule has 0 saturated carbocycles. The first-order chi connectivity index (χ1) is 11.7. The van der Waals surface area contributed by atoms with Crippen molar-refractivity contribution >= 4 is 5.91 Å². The first-order valence-electron chi connectivity index (χ1n) is 8.71. The first-order valence-corrected chi connectivity index (χ1v) is 8.71. The molecule has 2 heterocycles. The molecule has 1 aromatic heterocycles. The normalized spacial score (nSPS) is 17.4. The monoisotopic (exact) mass is 323 g/mol. The molecule has 0 radical (unpaired) electrons. The van der Waals surface area contributed by atoms with Crippen molar-refractivity contribution in [1.82, 2.24) is 15.2 Å². The quantitative estimate of drug-likeness (QED) is 0.888. The Morgan fingerprint density at radius 1 is 1.12 bits per heavy atom. The summed E-state index contributed by atoms with van der Waals surface area (Å²) in [6.45, 7) is 5.05. The Labute approximate surface area is 143 Å². The van der Waals surface area contributed by atoms with Crippen LogP contribution in [0.2, 0.25) is 0 Å². The van der Waals surface area contributed by atoms with Crippen LogP contribution in [0.4, 0.5) is 0 Å². The van der Waals surface area contributed by atoms with Crippen molar-refractivity contribution in [3.05, 3.63) is 66.0 Å². The minimum atomic E-state index is -0.205. The zero-order chi connectivity index (χ0) is 16.8. The highest BCUT2D eigenvalue weighted by Crippen LogP contribution is 2.20. The van der Waals surface area contributed by atoms with Gasteiger partial charge in [-0.15, -0.1) is 0 Å². The van der Waals surface area contributed by atoms with Crippen LogP contribution in [-0.2, 0) is 4.79 Å². The number of likely N-dealkylation sites (tertiary alicyclic amines) is 1. The molecule has 1 unspecified atom stereocenters. The van der Waals surface area contributed by atoms with Crippen LogP contribution in [0, 0.1) is 0 Å². The van der Waals surface area contributed by atoms with Gasteiger partial charge in [0.25, 0.3) is 0 Å². The van der Waals surface area contributed by atoms with Gasteiger partial charge < -0.3 is 10.2 Å². The summed E-state index contributed by atoms with van der Waals surface area (Å²) in [5.41, 5.74) is 2.11. The van der Waals surface area contributed by atoms with Gasteiger partial charge >= 0.3 is 0 Å². The van der Waals surface area contributed by atoms with Crippen molar-refractivity contribution in [3.8, 4) is 0 Å². The molecule has 0 spiro atoms. The van der Waals surface area contributed by atoms with Gasteiger partial charge in [-0.05, 0) is 50.0 Å². The lowest BCUT2D eigenvalue weighted by atomic mass is 10.0. The van der Waals surface area contributed by atoms with Gasteiger partial charge in [0, 0.05) is 18.9 Å². The van der Waals surface area contributed by atoms with E-state index in [9.17, 15) is 4.79 Å². The molecule has 1 N–H and O–H groups in total. The summed E-state index contributed by atoms with van der Waals surface area (Å²) in [7, 11) is 0. The van der Waals surface area contributed by atoms with Gasteiger partial charge in [-0.25, -0.2) is 0 Å². The molecular weight excluding hydrogens is 298 g/mol. The Kier molecular flexibility index (Phi) is 5.59. The number of nitrogens with one attached hydrogen (secondary N) is 1. The molecular formula is C20H25N3O. The highest BCUT2D eigenvalue weighted by atomic mass is 16.1. The van der Waals surface area contributed by atoms with Crippen LogP contribution >= 0.6 is 0 Å². The molecule has 0 aliphatic carbocycles. The van der Waals surface area contributed by atoms with Crippen LogP contribution < -0.4 is 5.32 Å². The van der Waals surface area contributed by atoms with Crippen LogP contribution in [0.25, 0.3) is 0 Å². The number of hydrogen-bond donors (Lipinski definition) is 1. The van der Waals surface area contributed by atoms with E-state index in [0.717, 1.165) is 30.8 Å². The molecule has 1 aliphatic rings. The van der Waals surface area contributed by atoms with Crippen LogP contribution in [0.3, 0.4) is 0 Å². The van der Waals surface area contributed by atoms with Crippen molar-refractivity contribution in [3.63, 3.8) is 0 Å². The molecule has 2 aromatic rings. The maximum Gasteiger partial charge on any atom is 0.227 e. The van der Waals surface area contributed by atoms with Gasteiger partial charge in [0.2, 0.25) is 5.91 Å². The molecule has 4 heteroatoms. The number of carbonyl (C=O) groups excluding carboxylic acids is 1. The first kappa shape index (κ1) is 16.7. The van der Waals surface area contributed by atoms with E-state index >= 15 is 0 Å². The Hall–Kier alpha value is -2.20. The second-order valence-electron chi connectivity index (χ2n) is 6.49. The van der Waals surface area contributed by atoms with E-state index in [2.05, 4.69) is 27.3 Å². The predicted molar refractivity (Wildman–Crippen MR) is 95.7 cm³/mol. The lowest BCUT2D eigenvalue weighted by Crippen LogP contribution is -2.38. The average Bonchev–Trinajstić information content (AvgIpc) is 3.15. The van der Waals surface area contributed by atoms with Gasteiger partial charge in [-0.2, -0.15) is 0 Å². The summed E-state index contributed by atoms with van der Waals surface area (Å²) < 4.78 is 0. The fourth-order valence-electron chi connectivity index (χ4n) is 3.22. The molecule has 4 nitrogen and oxygen atoms in total. The third-order valence-corrected chi connectivity index (χ3v) is 4.74. The van der Waals surface area contributed by atoms with Gasteiger partial charge in [0.15, 0.2) is 0 Å². The molecule has 1 amide bonds. The number of carbonyl (C=O) groups is 1. The zero-order valence-electron chi connectivity index (χ0n) is 14.2. The Morgan fingerprint density at radius 2 is 1.83 bits per heavy atom.